The summed E-state index contributed by atoms with van der Waals surface area (Å²) in [6, 6.07) is 1.03. The maximum absolute atomic E-state index is 15.0. The number of nitrogens with zero attached hydrogens (tertiary/aromatic N) is 7. The number of aliphatic hydroxyl groups excluding tert-OH is 1. The number of carbonyl (C=O) groups is 1. The van der Waals surface area contributed by atoms with E-state index in [1.165, 1.54) is 15.3 Å². The van der Waals surface area contributed by atoms with E-state index in [9.17, 15) is 34.3 Å². The zero-order valence-corrected chi connectivity index (χ0v) is 19.9. The predicted molar refractivity (Wildman–Crippen MR) is 127 cm³/mol. The van der Waals surface area contributed by atoms with E-state index < -0.39 is 39.6 Å². The average molecular weight is 524 g/mol. The van der Waals surface area contributed by atoms with Crippen molar-refractivity contribution in [3.05, 3.63) is 55.5 Å². The van der Waals surface area contributed by atoms with Gasteiger partial charge in [-0.2, -0.15) is 0 Å². The van der Waals surface area contributed by atoms with Crippen LogP contribution in [-0.4, -0.2) is 83.9 Å². The van der Waals surface area contributed by atoms with E-state index in [-0.39, 0.29) is 35.2 Å². The van der Waals surface area contributed by atoms with E-state index >= 15 is 0 Å². The van der Waals surface area contributed by atoms with Crippen LogP contribution in [-0.2, 0) is 13.1 Å². The Morgan fingerprint density at radius 2 is 1.92 bits per heavy atom. The number of halogens is 2. The molecule has 3 aromatic heterocycles. The summed E-state index contributed by atoms with van der Waals surface area (Å²) in [5, 5.41) is 30.4. The second-order valence-electron chi connectivity index (χ2n) is 8.35. The molecular weight excluding hydrogens is 501 g/mol. The Morgan fingerprint density at radius 1 is 1.22 bits per heavy atom. The smallest absolute Gasteiger partial charge is 0.383 e. The van der Waals surface area contributed by atoms with Gasteiger partial charge >= 0.3 is 17.1 Å². The number of rotatable bonds is 8. The predicted octanol–water partition coefficient (Wildman–Crippen LogP) is 1.19. The average Bonchev–Trinajstić information content (AvgIpc) is 3.20. The minimum Gasteiger partial charge on any atom is -0.477 e. The van der Waals surface area contributed by atoms with Gasteiger partial charge in [-0.05, 0) is 34.5 Å². The third-order valence-corrected chi connectivity index (χ3v) is 6.31. The van der Waals surface area contributed by atoms with Crippen LogP contribution in [0.3, 0.4) is 0 Å². The van der Waals surface area contributed by atoms with E-state index in [1.54, 1.807) is 11.8 Å². The largest absolute Gasteiger partial charge is 0.477 e. The topological polar surface area (TPSA) is 160 Å². The Morgan fingerprint density at radius 3 is 2.50 bits per heavy atom. The number of hydrogen-bond donors (Lipinski definition) is 2. The minimum absolute atomic E-state index is 0.0215. The van der Waals surface area contributed by atoms with Gasteiger partial charge in [0.1, 0.15) is 17.4 Å². The zero-order valence-electron chi connectivity index (χ0n) is 19.2. The molecule has 0 aromatic carbocycles. The number of imidazole rings is 1. The van der Waals surface area contributed by atoms with Crippen LogP contribution < -0.4 is 10.3 Å². The van der Waals surface area contributed by atoms with Crippen LogP contribution in [0.5, 0.6) is 0 Å². The summed E-state index contributed by atoms with van der Waals surface area (Å²) in [7, 11) is 0. The molecule has 0 spiro atoms. The number of nitro groups is 1. The van der Waals surface area contributed by atoms with Gasteiger partial charge in [-0.15, -0.1) is 0 Å². The molecule has 1 aliphatic heterocycles. The summed E-state index contributed by atoms with van der Waals surface area (Å²) in [4.78, 5) is 45.7. The molecule has 192 valence electrons. The van der Waals surface area contributed by atoms with Crippen molar-refractivity contribution in [3.8, 4) is 0 Å². The lowest BCUT2D eigenvalue weighted by Crippen LogP contribution is -2.49. The number of aromatic nitrogens is 4. The molecule has 1 atom stereocenters. The van der Waals surface area contributed by atoms with Gasteiger partial charge in [-0.25, -0.2) is 14.2 Å². The first-order valence-corrected chi connectivity index (χ1v) is 11.5. The molecule has 1 saturated heterocycles. The quantitative estimate of drug-likeness (QED) is 0.324. The first kappa shape index (κ1) is 25.5. The van der Waals surface area contributed by atoms with Crippen LogP contribution in [0.15, 0.2) is 23.3 Å². The van der Waals surface area contributed by atoms with Gasteiger partial charge in [0.2, 0.25) is 5.43 Å². The fraction of sp³-hybridized carbons (Fsp3) is 0.429. The van der Waals surface area contributed by atoms with Gasteiger partial charge in [0, 0.05) is 45.5 Å². The molecule has 36 heavy (non-hydrogen) atoms. The minimum atomic E-state index is -1.39. The van der Waals surface area contributed by atoms with Crippen LogP contribution in [0.1, 0.15) is 17.3 Å². The molecule has 1 unspecified atom stereocenters. The molecule has 0 aliphatic carbocycles. The Hall–Kier alpha value is -3.62. The number of pyridine rings is 2. The van der Waals surface area contributed by atoms with E-state index in [4.69, 9.17) is 11.6 Å². The zero-order chi connectivity index (χ0) is 26.1. The number of carboxylic acids is 1. The molecular formula is C21H23ClFN7O6. The normalized spacial score (nSPS) is 15.4. The van der Waals surface area contributed by atoms with Crippen molar-refractivity contribution < 1.29 is 24.3 Å². The van der Waals surface area contributed by atoms with Gasteiger partial charge in [-0.3, -0.25) is 14.3 Å². The molecule has 4 heterocycles. The highest BCUT2D eigenvalue weighted by molar-refractivity contribution is 6.28. The van der Waals surface area contributed by atoms with E-state index in [2.05, 4.69) is 9.97 Å². The Kier molecular flexibility index (Phi) is 7.19. The van der Waals surface area contributed by atoms with Gasteiger partial charge in [0.15, 0.2) is 11.6 Å². The number of aliphatic hydroxyl groups is 1. The molecule has 0 radical (unpaired) electrons. The van der Waals surface area contributed by atoms with Crippen LogP contribution in [0.2, 0.25) is 5.28 Å². The number of aryl methyl sites for hydroxylation is 1. The molecule has 1 fully saturated rings. The first-order chi connectivity index (χ1) is 17.1. The van der Waals surface area contributed by atoms with Crippen molar-refractivity contribution in [2.75, 3.05) is 37.6 Å². The third kappa shape index (κ3) is 5.01. The fourth-order valence-corrected chi connectivity index (χ4v) is 4.42. The van der Waals surface area contributed by atoms with Crippen molar-refractivity contribution in [2.45, 2.75) is 26.1 Å². The van der Waals surface area contributed by atoms with Gasteiger partial charge in [0.25, 0.3) is 0 Å². The van der Waals surface area contributed by atoms with E-state index in [1.807, 2.05) is 4.90 Å². The fourth-order valence-electron chi connectivity index (χ4n) is 4.21. The van der Waals surface area contributed by atoms with Gasteiger partial charge in [-0.1, -0.05) is 0 Å². The van der Waals surface area contributed by atoms with Crippen molar-refractivity contribution in [3.63, 3.8) is 0 Å². The summed E-state index contributed by atoms with van der Waals surface area (Å²) < 4.78 is 17.8. The third-order valence-electron chi connectivity index (χ3n) is 6.01. The maximum Gasteiger partial charge on any atom is 0.383 e. The lowest BCUT2D eigenvalue weighted by molar-refractivity contribution is -0.389. The first-order valence-electron chi connectivity index (χ1n) is 11.1. The van der Waals surface area contributed by atoms with Gasteiger partial charge < -0.3 is 29.8 Å². The van der Waals surface area contributed by atoms with Crippen molar-refractivity contribution in [1.82, 2.24) is 24.0 Å². The summed E-state index contributed by atoms with van der Waals surface area (Å²) >= 11 is 5.90. The highest BCUT2D eigenvalue weighted by Crippen LogP contribution is 2.23. The molecule has 2 N–H and O–H groups in total. The second kappa shape index (κ2) is 10.2. The van der Waals surface area contributed by atoms with Crippen LogP contribution in [0.25, 0.3) is 11.0 Å². The summed E-state index contributed by atoms with van der Waals surface area (Å²) in [5.41, 5.74) is -1.03. The molecule has 3 aromatic rings. The number of aromatic carboxylic acids is 1. The molecule has 1 aliphatic rings. The van der Waals surface area contributed by atoms with Crippen LogP contribution >= 0.6 is 11.6 Å². The van der Waals surface area contributed by atoms with Crippen molar-refractivity contribution in [1.29, 1.82) is 0 Å². The highest BCUT2D eigenvalue weighted by atomic mass is 35.5. The molecule has 15 heteroatoms. The summed E-state index contributed by atoms with van der Waals surface area (Å²) in [5.74, 6) is -2.46. The van der Waals surface area contributed by atoms with Crippen molar-refractivity contribution >= 4 is 40.2 Å². The van der Waals surface area contributed by atoms with Gasteiger partial charge in [0.05, 0.1) is 18.0 Å². The number of anilines is 1. The van der Waals surface area contributed by atoms with Crippen molar-refractivity contribution in [2.24, 2.45) is 0 Å². The SMILES string of the molecule is CCn1cc(C(=O)O)c(=O)c2cc(F)c(N3CCN(CC(O)Cn4cc([N+](=O)[O-])nc4Cl)CC3)nc21. The monoisotopic (exact) mass is 523 g/mol. The number of hydrogen-bond acceptors (Lipinski definition) is 9. The summed E-state index contributed by atoms with van der Waals surface area (Å²) in [6.07, 6.45) is 1.50. The van der Waals surface area contributed by atoms with E-state index in [0.717, 1.165) is 12.3 Å². The number of carboxylic acid groups (broad SMARTS) is 1. The summed E-state index contributed by atoms with van der Waals surface area (Å²) in [6.45, 7) is 4.13. The molecule has 0 bridgehead atoms. The Labute approximate surface area is 208 Å². The second-order valence-corrected chi connectivity index (χ2v) is 8.69. The Bertz CT molecular complexity index is 1390. The highest BCUT2D eigenvalue weighted by Gasteiger charge is 2.25. The lowest BCUT2D eigenvalue weighted by Gasteiger charge is -2.36. The standard InChI is InChI=1S/C21H23ClFN7O6/c1-2-27-10-14(20(33)34)17(32)13-7-15(23)19(25-18(13)27)28-5-3-26(4-6-28)8-12(31)9-29-11-16(30(35)36)24-21(29)22/h7,10-12,31H,2-6,8-9H2,1H3,(H,33,34). The number of piperazine rings is 1. The maximum atomic E-state index is 15.0. The molecule has 0 amide bonds. The number of fused-ring (bicyclic) bond motifs is 1. The molecule has 0 saturated carbocycles. The van der Waals surface area contributed by atoms with Crippen LogP contribution in [0, 0.1) is 15.9 Å². The molecule has 4 rings (SSSR count). The lowest BCUT2D eigenvalue weighted by atomic mass is 10.1. The Balaban J connectivity index is 1.45. The molecule has 13 nitrogen and oxygen atoms in total. The van der Waals surface area contributed by atoms with E-state index in [0.29, 0.717) is 32.7 Å². The van der Waals surface area contributed by atoms with Crippen LogP contribution in [0.4, 0.5) is 16.0 Å². The number of β-amino-alcohol motifs (C(OH)–C–C–N with tert-alkyl or cyclic N) is 1.